The average Bonchev–Trinajstić information content (AvgIpc) is 3.01. The lowest BCUT2D eigenvalue weighted by Crippen LogP contribution is -2.31. The Morgan fingerprint density at radius 2 is 1.96 bits per heavy atom. The summed E-state index contributed by atoms with van der Waals surface area (Å²) in [5, 5.41) is 4.54. The van der Waals surface area contributed by atoms with Gasteiger partial charge in [-0.15, -0.1) is 11.8 Å². The molecule has 132 valence electrons. The zero-order valence-electron chi connectivity index (χ0n) is 14.6. The third kappa shape index (κ3) is 2.70. The highest BCUT2D eigenvalue weighted by Crippen LogP contribution is 2.42. The van der Waals surface area contributed by atoms with Gasteiger partial charge < -0.3 is 4.90 Å². The molecule has 0 saturated heterocycles. The van der Waals surface area contributed by atoms with Crippen LogP contribution in [0.15, 0.2) is 53.4 Å². The third-order valence-corrected chi connectivity index (χ3v) is 5.66. The van der Waals surface area contributed by atoms with Gasteiger partial charge in [0.2, 0.25) is 0 Å². The molecule has 0 bridgehead atoms. The summed E-state index contributed by atoms with van der Waals surface area (Å²) >= 11 is 1.72. The van der Waals surface area contributed by atoms with Gasteiger partial charge in [0.05, 0.1) is 5.69 Å². The average molecular weight is 367 g/mol. The number of anilines is 1. The van der Waals surface area contributed by atoms with E-state index in [1.165, 1.54) is 17.0 Å². The first kappa shape index (κ1) is 16.8. The first-order valence-corrected chi connectivity index (χ1v) is 9.44. The number of benzene rings is 2. The number of amides is 1. The highest BCUT2D eigenvalue weighted by atomic mass is 32.2. The monoisotopic (exact) mass is 367 g/mol. The predicted octanol–water partition coefficient (Wildman–Crippen LogP) is 4.50. The fraction of sp³-hybridized carbons (Fsp3) is 0.200. The van der Waals surface area contributed by atoms with E-state index in [0.29, 0.717) is 23.7 Å². The Labute approximate surface area is 155 Å². The summed E-state index contributed by atoms with van der Waals surface area (Å²) in [6, 6.07) is 14.2. The maximum Gasteiger partial charge on any atom is 0.279 e. The van der Waals surface area contributed by atoms with Gasteiger partial charge in [-0.2, -0.15) is 5.10 Å². The van der Waals surface area contributed by atoms with E-state index >= 15 is 0 Å². The summed E-state index contributed by atoms with van der Waals surface area (Å²) in [7, 11) is 1.87. The molecule has 3 aromatic rings. The number of aryl methyl sites for hydroxylation is 1. The zero-order valence-corrected chi connectivity index (χ0v) is 15.4. The van der Waals surface area contributed by atoms with E-state index in [4.69, 9.17) is 0 Å². The number of carbonyl (C=O) groups excluding carboxylic acids is 1. The van der Waals surface area contributed by atoms with Crippen LogP contribution in [0.1, 0.15) is 23.0 Å². The molecule has 2 heterocycles. The molecule has 1 aliphatic heterocycles. The van der Waals surface area contributed by atoms with Crippen LogP contribution >= 0.6 is 11.8 Å². The van der Waals surface area contributed by atoms with E-state index in [0.717, 1.165) is 16.8 Å². The van der Waals surface area contributed by atoms with Gasteiger partial charge in [-0.05, 0) is 37.3 Å². The van der Waals surface area contributed by atoms with Crippen LogP contribution in [-0.4, -0.2) is 22.2 Å². The van der Waals surface area contributed by atoms with Crippen molar-refractivity contribution in [2.45, 2.75) is 17.6 Å². The summed E-state index contributed by atoms with van der Waals surface area (Å²) in [5.74, 6) is 0.235. The van der Waals surface area contributed by atoms with E-state index < -0.39 is 0 Å². The molecule has 0 N–H and O–H groups in total. The van der Waals surface area contributed by atoms with Crippen molar-refractivity contribution in [1.82, 2.24) is 9.78 Å². The van der Waals surface area contributed by atoms with Gasteiger partial charge in [-0.1, -0.05) is 18.2 Å². The van der Waals surface area contributed by atoms with Gasteiger partial charge in [0.1, 0.15) is 5.82 Å². The Morgan fingerprint density at radius 1 is 1.23 bits per heavy atom. The molecule has 1 amide bonds. The first-order valence-electron chi connectivity index (χ1n) is 8.45. The van der Waals surface area contributed by atoms with Crippen LogP contribution in [0.4, 0.5) is 10.1 Å². The lowest BCUT2D eigenvalue weighted by molar-refractivity contribution is 0.0982. The topological polar surface area (TPSA) is 38.1 Å². The number of hydrogen-bond acceptors (Lipinski definition) is 3. The van der Waals surface area contributed by atoms with Crippen LogP contribution < -0.4 is 4.90 Å². The lowest BCUT2D eigenvalue weighted by Gasteiger charge is -2.21. The minimum absolute atomic E-state index is 0.157. The molecular formula is C20H18FN3OS. The van der Waals surface area contributed by atoms with E-state index in [-0.39, 0.29) is 11.7 Å². The Bertz CT molecular complexity index is 981. The predicted molar refractivity (Wildman–Crippen MR) is 102 cm³/mol. The Morgan fingerprint density at radius 3 is 2.69 bits per heavy atom. The van der Waals surface area contributed by atoms with Crippen molar-refractivity contribution < 1.29 is 9.18 Å². The second kappa shape index (κ2) is 6.61. The molecule has 4 rings (SSSR count). The normalized spacial score (nSPS) is 12.4. The van der Waals surface area contributed by atoms with Crippen LogP contribution in [0.5, 0.6) is 0 Å². The summed E-state index contributed by atoms with van der Waals surface area (Å²) in [6.45, 7) is 2.39. The van der Waals surface area contributed by atoms with Crippen LogP contribution in [0.25, 0.3) is 11.3 Å². The molecule has 26 heavy (non-hydrogen) atoms. The van der Waals surface area contributed by atoms with Gasteiger partial charge in [-0.3, -0.25) is 9.48 Å². The van der Waals surface area contributed by atoms with Gasteiger partial charge in [0.25, 0.3) is 5.91 Å². The summed E-state index contributed by atoms with van der Waals surface area (Å²) in [4.78, 5) is 16.0. The number of aromatic nitrogens is 2. The number of carbonyl (C=O) groups is 1. The number of thioether (sulfide) groups is 1. The summed E-state index contributed by atoms with van der Waals surface area (Å²) < 4.78 is 15.0. The second-order valence-corrected chi connectivity index (χ2v) is 7.13. The molecule has 6 heteroatoms. The van der Waals surface area contributed by atoms with E-state index in [9.17, 15) is 9.18 Å². The lowest BCUT2D eigenvalue weighted by atomic mass is 10.1. The quantitative estimate of drug-likeness (QED) is 0.684. The first-order chi connectivity index (χ1) is 12.6. The number of nitrogens with zero attached hydrogens (tertiary/aromatic N) is 3. The second-order valence-electron chi connectivity index (χ2n) is 6.11. The molecule has 4 nitrogen and oxygen atoms in total. The molecule has 0 spiro atoms. The third-order valence-electron chi connectivity index (χ3n) is 4.56. The van der Waals surface area contributed by atoms with Crippen molar-refractivity contribution in [3.63, 3.8) is 0 Å². The highest BCUT2D eigenvalue weighted by Gasteiger charge is 2.30. The molecule has 0 saturated carbocycles. The Balaban J connectivity index is 1.77. The van der Waals surface area contributed by atoms with Crippen molar-refractivity contribution in [1.29, 1.82) is 0 Å². The summed E-state index contributed by atoms with van der Waals surface area (Å²) in [5.41, 5.74) is 4.20. The van der Waals surface area contributed by atoms with Gasteiger partial charge >= 0.3 is 0 Å². The molecular weight excluding hydrogens is 349 g/mol. The van der Waals surface area contributed by atoms with Crippen molar-refractivity contribution in [3.8, 4) is 11.3 Å². The smallest absolute Gasteiger partial charge is 0.279 e. The zero-order chi connectivity index (χ0) is 18.3. The molecule has 0 radical (unpaired) electrons. The molecule has 0 fully saturated rings. The standard InChI is InChI=1S/C20H18FN3OS/c1-3-24(14-10-8-13(21)9-11-14)20(25)18-16-12-26-17-7-5-4-6-15(17)19(16)23(2)22-18/h4-11H,3,12H2,1-2H3. The molecule has 2 aromatic carbocycles. The van der Waals surface area contributed by atoms with Crippen molar-refractivity contribution >= 4 is 23.4 Å². The number of fused-ring (bicyclic) bond motifs is 3. The van der Waals surface area contributed by atoms with Gasteiger partial charge in [-0.25, -0.2) is 4.39 Å². The molecule has 0 atom stereocenters. The molecule has 1 aromatic heterocycles. The van der Waals surface area contributed by atoms with E-state index in [2.05, 4.69) is 17.2 Å². The van der Waals surface area contributed by atoms with Crippen molar-refractivity contribution in [3.05, 3.63) is 65.6 Å². The highest BCUT2D eigenvalue weighted by molar-refractivity contribution is 7.98. The fourth-order valence-electron chi connectivity index (χ4n) is 3.34. The summed E-state index contributed by atoms with van der Waals surface area (Å²) in [6.07, 6.45) is 0. The van der Waals surface area contributed by atoms with E-state index in [1.54, 1.807) is 33.5 Å². The number of hydrogen-bond donors (Lipinski definition) is 0. The Hall–Kier alpha value is -2.60. The maximum absolute atomic E-state index is 13.2. The van der Waals surface area contributed by atoms with Crippen LogP contribution in [0.3, 0.4) is 0 Å². The number of halogens is 1. The minimum Gasteiger partial charge on any atom is -0.307 e. The largest absolute Gasteiger partial charge is 0.307 e. The van der Waals surface area contributed by atoms with E-state index in [1.807, 2.05) is 26.1 Å². The van der Waals surface area contributed by atoms with Crippen LogP contribution in [-0.2, 0) is 12.8 Å². The molecule has 0 unspecified atom stereocenters. The van der Waals surface area contributed by atoms with Crippen LogP contribution in [0, 0.1) is 5.82 Å². The SMILES string of the molecule is CCN(C(=O)c1nn(C)c2c1CSc1ccccc1-2)c1ccc(F)cc1. The van der Waals surface area contributed by atoms with Gasteiger partial charge in [0, 0.05) is 41.1 Å². The van der Waals surface area contributed by atoms with Gasteiger partial charge in [0.15, 0.2) is 5.69 Å². The van der Waals surface area contributed by atoms with Crippen molar-refractivity contribution in [2.24, 2.45) is 7.05 Å². The number of rotatable bonds is 3. The van der Waals surface area contributed by atoms with Crippen molar-refractivity contribution in [2.75, 3.05) is 11.4 Å². The fourth-order valence-corrected chi connectivity index (χ4v) is 4.41. The maximum atomic E-state index is 13.2. The Kier molecular flexibility index (Phi) is 4.28. The molecule has 1 aliphatic rings. The van der Waals surface area contributed by atoms with Crippen LogP contribution in [0.2, 0.25) is 0 Å². The minimum atomic E-state index is -0.319. The molecule has 0 aliphatic carbocycles.